The van der Waals surface area contributed by atoms with Crippen LogP contribution in [0.5, 0.6) is 5.75 Å². The Labute approximate surface area is 208 Å². The molecule has 9 nitrogen and oxygen atoms in total. The molecule has 10 heteroatoms. The highest BCUT2D eigenvalue weighted by Crippen LogP contribution is 2.36. The van der Waals surface area contributed by atoms with E-state index in [1.165, 1.54) is 56.6 Å². The van der Waals surface area contributed by atoms with E-state index in [1.807, 2.05) is 0 Å². The average Bonchev–Trinajstić information content (AvgIpc) is 2.92. The molecule has 0 amide bonds. The lowest BCUT2D eigenvalue weighted by Gasteiger charge is -2.42. The van der Waals surface area contributed by atoms with E-state index in [1.54, 1.807) is 36.4 Å². The topological polar surface area (TPSA) is 119 Å². The number of benzene rings is 3. The summed E-state index contributed by atoms with van der Waals surface area (Å²) in [5.41, 5.74) is -2.02. The van der Waals surface area contributed by atoms with Crippen molar-refractivity contribution in [1.82, 2.24) is 9.62 Å². The lowest BCUT2D eigenvalue weighted by atomic mass is 9.89. The Bertz CT molecular complexity index is 1420. The molecule has 0 radical (unpaired) electrons. The van der Waals surface area contributed by atoms with Crippen LogP contribution < -0.4 is 10.1 Å². The van der Waals surface area contributed by atoms with Gasteiger partial charge in [-0.1, -0.05) is 54.6 Å². The number of likely N-dealkylation sites (N-methyl/N-ethyl adjacent to an activating group) is 1. The lowest BCUT2D eigenvalue weighted by Crippen LogP contribution is -2.71. The van der Waals surface area contributed by atoms with Crippen molar-refractivity contribution in [3.05, 3.63) is 95.6 Å². The van der Waals surface area contributed by atoms with Crippen molar-refractivity contribution in [3.8, 4) is 5.75 Å². The summed E-state index contributed by atoms with van der Waals surface area (Å²) in [6, 6.07) is 20.2. The number of fused-ring (bicyclic) bond motifs is 1. The van der Waals surface area contributed by atoms with E-state index in [9.17, 15) is 22.8 Å². The number of nitrogens with zero attached hydrogens (tertiary/aromatic N) is 1. The van der Waals surface area contributed by atoms with Gasteiger partial charge in [-0.25, -0.2) is 13.2 Å². The summed E-state index contributed by atoms with van der Waals surface area (Å²) >= 11 is 0. The molecule has 36 heavy (non-hydrogen) atoms. The number of rotatable bonds is 8. The van der Waals surface area contributed by atoms with Crippen molar-refractivity contribution in [3.63, 3.8) is 0 Å². The second kappa shape index (κ2) is 10.0. The van der Waals surface area contributed by atoms with Gasteiger partial charge in [-0.05, 0) is 24.3 Å². The summed E-state index contributed by atoms with van der Waals surface area (Å²) in [7, 11) is -1.61. The first-order chi connectivity index (χ1) is 17.2. The van der Waals surface area contributed by atoms with Crippen LogP contribution in [0.15, 0.2) is 83.8 Å². The number of carbonyl (C=O) groups is 3. The van der Waals surface area contributed by atoms with Crippen LogP contribution in [0.25, 0.3) is 0 Å². The van der Waals surface area contributed by atoms with Crippen molar-refractivity contribution in [2.45, 2.75) is 10.6 Å². The van der Waals surface area contributed by atoms with Gasteiger partial charge in [0.1, 0.15) is 17.9 Å². The number of hydrogen-bond acceptors (Lipinski definition) is 8. The Hall–Kier alpha value is -3.86. The van der Waals surface area contributed by atoms with Crippen LogP contribution in [0.4, 0.5) is 0 Å². The van der Waals surface area contributed by atoms with Crippen LogP contribution in [-0.4, -0.2) is 63.2 Å². The Morgan fingerprint density at radius 2 is 1.58 bits per heavy atom. The molecule has 0 bridgehead atoms. The SMILES string of the molecule is COc1ccccc1C(=O)OCCN[C@@]1(C(=O)c2ccccc2)C(=O)c2ccccc2S(=O)(=O)N1C. The van der Waals surface area contributed by atoms with Crippen molar-refractivity contribution < 1.29 is 32.3 Å². The smallest absolute Gasteiger partial charge is 0.341 e. The van der Waals surface area contributed by atoms with Crippen LogP contribution in [0.3, 0.4) is 0 Å². The van der Waals surface area contributed by atoms with E-state index < -0.39 is 33.2 Å². The van der Waals surface area contributed by atoms with Gasteiger partial charge in [0.2, 0.25) is 27.3 Å². The fourth-order valence-corrected chi connectivity index (χ4v) is 5.70. The summed E-state index contributed by atoms with van der Waals surface area (Å²) in [6.45, 7) is -0.434. The highest BCUT2D eigenvalue weighted by atomic mass is 32.2. The fourth-order valence-electron chi connectivity index (χ4n) is 4.13. The number of esters is 1. The monoisotopic (exact) mass is 508 g/mol. The number of para-hydroxylation sites is 1. The van der Waals surface area contributed by atoms with Gasteiger partial charge in [-0.2, -0.15) is 4.31 Å². The third kappa shape index (κ3) is 4.19. The van der Waals surface area contributed by atoms with Gasteiger partial charge in [0.05, 0.1) is 12.0 Å². The molecule has 0 saturated carbocycles. The number of ether oxygens (including phenoxy) is 2. The Balaban J connectivity index is 1.66. The number of methoxy groups -OCH3 is 1. The maximum absolute atomic E-state index is 13.8. The van der Waals surface area contributed by atoms with Crippen LogP contribution >= 0.6 is 0 Å². The quantitative estimate of drug-likeness (QED) is 0.213. The van der Waals surface area contributed by atoms with Gasteiger partial charge < -0.3 is 9.47 Å². The molecule has 1 N–H and O–H groups in total. The second-order valence-electron chi connectivity index (χ2n) is 7.97. The summed E-state index contributed by atoms with van der Waals surface area (Å²) in [5.74, 6) is -1.81. The van der Waals surface area contributed by atoms with Crippen LogP contribution in [-0.2, 0) is 14.8 Å². The maximum atomic E-state index is 13.8. The average molecular weight is 509 g/mol. The lowest BCUT2D eigenvalue weighted by molar-refractivity contribution is 0.0452. The third-order valence-corrected chi connectivity index (χ3v) is 7.89. The normalized spacial score (nSPS) is 18.8. The Morgan fingerprint density at radius 1 is 0.944 bits per heavy atom. The van der Waals surface area contributed by atoms with Gasteiger partial charge in [-0.3, -0.25) is 14.9 Å². The number of hydrogen-bond donors (Lipinski definition) is 1. The number of Topliss-reactive ketones (excluding diaryl/α,β-unsaturated/α-hetero) is 2. The number of ketones is 2. The van der Waals surface area contributed by atoms with E-state index >= 15 is 0 Å². The van der Waals surface area contributed by atoms with E-state index in [4.69, 9.17) is 9.47 Å². The fraction of sp³-hybridized carbons (Fsp3) is 0.192. The molecule has 186 valence electrons. The third-order valence-electron chi connectivity index (χ3n) is 5.98. The molecule has 0 fully saturated rings. The highest BCUT2D eigenvalue weighted by molar-refractivity contribution is 7.89. The number of carbonyl (C=O) groups excluding carboxylic acids is 3. The van der Waals surface area contributed by atoms with Gasteiger partial charge >= 0.3 is 5.97 Å². The largest absolute Gasteiger partial charge is 0.496 e. The number of nitrogens with one attached hydrogen (secondary N) is 1. The summed E-state index contributed by atoms with van der Waals surface area (Å²) in [4.78, 5) is 39.9. The Kier molecular flexibility index (Phi) is 7.02. The first kappa shape index (κ1) is 25.2. The summed E-state index contributed by atoms with van der Waals surface area (Å²) < 4.78 is 38.0. The zero-order valence-corrected chi connectivity index (χ0v) is 20.4. The molecular formula is C26H24N2O7S. The number of sulfonamides is 1. The first-order valence-electron chi connectivity index (χ1n) is 11.0. The van der Waals surface area contributed by atoms with Crippen molar-refractivity contribution in [1.29, 1.82) is 0 Å². The zero-order valence-electron chi connectivity index (χ0n) is 19.6. The molecule has 0 saturated heterocycles. The molecule has 1 heterocycles. The first-order valence-corrected chi connectivity index (χ1v) is 12.5. The minimum absolute atomic E-state index is 0.0987. The van der Waals surface area contributed by atoms with E-state index in [2.05, 4.69) is 5.32 Å². The van der Waals surface area contributed by atoms with Crippen molar-refractivity contribution >= 4 is 27.6 Å². The maximum Gasteiger partial charge on any atom is 0.341 e. The molecule has 0 aromatic heterocycles. The molecule has 4 rings (SSSR count). The Morgan fingerprint density at radius 3 is 2.31 bits per heavy atom. The van der Waals surface area contributed by atoms with Crippen molar-refractivity contribution in [2.75, 3.05) is 27.3 Å². The predicted octanol–water partition coefficient (Wildman–Crippen LogP) is 2.54. The van der Waals surface area contributed by atoms with Gasteiger partial charge in [0, 0.05) is 24.7 Å². The molecule has 1 aliphatic heterocycles. The predicted molar refractivity (Wildman–Crippen MR) is 131 cm³/mol. The van der Waals surface area contributed by atoms with Gasteiger partial charge in [-0.15, -0.1) is 0 Å². The van der Waals surface area contributed by atoms with Crippen LogP contribution in [0.2, 0.25) is 0 Å². The molecule has 1 atom stereocenters. The molecule has 0 spiro atoms. The standard InChI is InChI=1S/C26H24N2O7S/c1-28-26(23(29)18-10-4-3-5-11-18,24(30)20-13-7-9-15-22(20)36(28,32)33)27-16-17-35-25(31)19-12-6-8-14-21(19)34-2/h3-15,27H,16-17H2,1-2H3/t26-/m1/s1. The molecule has 3 aromatic carbocycles. The van der Waals surface area contributed by atoms with Gasteiger partial charge in [0.15, 0.2) is 0 Å². The molecule has 3 aromatic rings. The van der Waals surface area contributed by atoms with Crippen LogP contribution in [0.1, 0.15) is 31.1 Å². The minimum Gasteiger partial charge on any atom is -0.496 e. The second-order valence-corrected chi connectivity index (χ2v) is 9.90. The molecule has 1 aliphatic rings. The summed E-state index contributed by atoms with van der Waals surface area (Å²) in [6.07, 6.45) is 0. The molecule has 0 aliphatic carbocycles. The van der Waals surface area contributed by atoms with E-state index in [0.29, 0.717) is 5.75 Å². The molecule has 0 unspecified atom stereocenters. The molecular weight excluding hydrogens is 484 g/mol. The zero-order chi connectivity index (χ0) is 25.9. The minimum atomic E-state index is -4.21. The van der Waals surface area contributed by atoms with Gasteiger partial charge in [0.25, 0.3) is 0 Å². The van der Waals surface area contributed by atoms with Crippen molar-refractivity contribution in [2.24, 2.45) is 0 Å². The summed E-state index contributed by atoms with van der Waals surface area (Å²) in [5, 5.41) is 2.80. The van der Waals surface area contributed by atoms with E-state index in [-0.39, 0.29) is 34.7 Å². The van der Waals surface area contributed by atoms with E-state index in [0.717, 1.165) is 4.31 Å². The van der Waals surface area contributed by atoms with Crippen LogP contribution in [0, 0.1) is 0 Å². The highest BCUT2D eigenvalue weighted by Gasteiger charge is 2.58.